The Morgan fingerprint density at radius 1 is 1.37 bits per heavy atom. The first-order chi connectivity index (χ1) is 8.78. The van der Waals surface area contributed by atoms with Gasteiger partial charge in [0.05, 0.1) is 9.88 Å². The second kappa shape index (κ2) is 6.45. The third-order valence-electron chi connectivity index (χ3n) is 2.92. The number of benzene rings is 1. The standard InChI is InChI=1S/C13H20N2O2S2/c1-4-15(8-7-13(14)18)19(16,17)12-9-10(2)5-6-11(12)3/h5-6,9H,4,7-8H2,1-3H3,(H2,14,18). The molecule has 1 aromatic carbocycles. The number of nitrogens with two attached hydrogens (primary N) is 1. The maximum atomic E-state index is 12.6. The molecular weight excluding hydrogens is 280 g/mol. The molecule has 0 aliphatic carbocycles. The van der Waals surface area contributed by atoms with Crippen LogP contribution in [0.1, 0.15) is 24.5 Å². The van der Waals surface area contributed by atoms with E-state index in [4.69, 9.17) is 18.0 Å². The molecule has 2 N–H and O–H groups in total. The summed E-state index contributed by atoms with van der Waals surface area (Å²) >= 11 is 4.80. The van der Waals surface area contributed by atoms with Crippen LogP contribution in [-0.4, -0.2) is 30.8 Å². The van der Waals surface area contributed by atoms with Crippen molar-refractivity contribution in [2.45, 2.75) is 32.1 Å². The Labute approximate surface area is 120 Å². The van der Waals surface area contributed by atoms with Gasteiger partial charge in [0.25, 0.3) is 0 Å². The van der Waals surface area contributed by atoms with Crippen LogP contribution in [0, 0.1) is 13.8 Å². The lowest BCUT2D eigenvalue weighted by Crippen LogP contribution is -2.34. The monoisotopic (exact) mass is 300 g/mol. The zero-order chi connectivity index (χ0) is 14.6. The van der Waals surface area contributed by atoms with Crippen molar-refractivity contribution in [1.29, 1.82) is 0 Å². The highest BCUT2D eigenvalue weighted by molar-refractivity contribution is 7.89. The summed E-state index contributed by atoms with van der Waals surface area (Å²) in [5, 5.41) is 0. The van der Waals surface area contributed by atoms with Gasteiger partial charge in [-0.3, -0.25) is 0 Å². The molecule has 0 spiro atoms. The van der Waals surface area contributed by atoms with Crippen molar-refractivity contribution in [2.75, 3.05) is 13.1 Å². The maximum absolute atomic E-state index is 12.6. The Balaban J connectivity index is 3.13. The van der Waals surface area contributed by atoms with E-state index in [0.29, 0.717) is 29.4 Å². The number of hydrogen-bond donors (Lipinski definition) is 1. The molecule has 19 heavy (non-hydrogen) atoms. The summed E-state index contributed by atoms with van der Waals surface area (Å²) in [5.74, 6) is 0. The molecule has 106 valence electrons. The van der Waals surface area contributed by atoms with Crippen LogP contribution in [-0.2, 0) is 10.0 Å². The van der Waals surface area contributed by atoms with Gasteiger partial charge in [0.1, 0.15) is 0 Å². The number of hydrogen-bond acceptors (Lipinski definition) is 3. The number of aryl methyl sites for hydroxylation is 2. The summed E-state index contributed by atoms with van der Waals surface area (Å²) in [4.78, 5) is 0.687. The van der Waals surface area contributed by atoms with Gasteiger partial charge < -0.3 is 5.73 Å². The summed E-state index contributed by atoms with van der Waals surface area (Å²) in [7, 11) is -3.48. The molecule has 4 nitrogen and oxygen atoms in total. The van der Waals surface area contributed by atoms with E-state index in [1.807, 2.05) is 26.0 Å². The average molecular weight is 300 g/mol. The molecule has 0 heterocycles. The Morgan fingerprint density at radius 3 is 2.53 bits per heavy atom. The first kappa shape index (κ1) is 16.1. The summed E-state index contributed by atoms with van der Waals surface area (Å²) in [6.45, 7) is 6.21. The van der Waals surface area contributed by atoms with E-state index in [9.17, 15) is 8.42 Å². The molecule has 6 heteroatoms. The van der Waals surface area contributed by atoms with Gasteiger partial charge in [-0.2, -0.15) is 4.31 Å². The van der Waals surface area contributed by atoms with E-state index < -0.39 is 10.0 Å². The SMILES string of the molecule is CCN(CCC(N)=S)S(=O)(=O)c1cc(C)ccc1C. The lowest BCUT2D eigenvalue weighted by molar-refractivity contribution is 0.437. The van der Waals surface area contributed by atoms with Gasteiger partial charge in [0.15, 0.2) is 0 Å². The average Bonchev–Trinajstić information content (AvgIpc) is 2.32. The van der Waals surface area contributed by atoms with Crippen molar-refractivity contribution in [1.82, 2.24) is 4.31 Å². The minimum Gasteiger partial charge on any atom is -0.393 e. The van der Waals surface area contributed by atoms with Crippen LogP contribution in [0.2, 0.25) is 0 Å². The van der Waals surface area contributed by atoms with Gasteiger partial charge in [0.2, 0.25) is 10.0 Å². The van der Waals surface area contributed by atoms with E-state index in [0.717, 1.165) is 11.1 Å². The summed E-state index contributed by atoms with van der Waals surface area (Å²) < 4.78 is 26.6. The van der Waals surface area contributed by atoms with Crippen LogP contribution in [0.25, 0.3) is 0 Å². The lowest BCUT2D eigenvalue weighted by atomic mass is 10.2. The Morgan fingerprint density at radius 2 is 2.00 bits per heavy atom. The van der Waals surface area contributed by atoms with Crippen molar-refractivity contribution in [3.05, 3.63) is 29.3 Å². The minimum atomic E-state index is -3.48. The first-order valence-corrected chi connectivity index (χ1v) is 7.99. The molecule has 0 atom stereocenters. The predicted molar refractivity (Wildman–Crippen MR) is 81.8 cm³/mol. The summed E-state index contributed by atoms with van der Waals surface area (Å²) in [6.07, 6.45) is 0.396. The van der Waals surface area contributed by atoms with Crippen LogP contribution in [0.15, 0.2) is 23.1 Å². The van der Waals surface area contributed by atoms with Crippen molar-refractivity contribution in [2.24, 2.45) is 5.73 Å². The lowest BCUT2D eigenvalue weighted by Gasteiger charge is -2.21. The highest BCUT2D eigenvalue weighted by atomic mass is 32.2. The Bertz CT molecular complexity index is 568. The normalized spacial score (nSPS) is 11.8. The summed E-state index contributed by atoms with van der Waals surface area (Å²) in [6, 6.07) is 5.43. The van der Waals surface area contributed by atoms with E-state index in [1.54, 1.807) is 13.0 Å². The molecule has 0 bridgehead atoms. The molecule has 0 saturated heterocycles. The fourth-order valence-electron chi connectivity index (χ4n) is 1.81. The molecule has 0 aromatic heterocycles. The molecule has 0 aliphatic rings. The molecule has 1 aromatic rings. The van der Waals surface area contributed by atoms with Gasteiger partial charge in [-0.1, -0.05) is 31.3 Å². The van der Waals surface area contributed by atoms with E-state index in [-0.39, 0.29) is 0 Å². The van der Waals surface area contributed by atoms with Gasteiger partial charge >= 0.3 is 0 Å². The second-order valence-electron chi connectivity index (χ2n) is 4.48. The molecular formula is C13H20N2O2S2. The molecule has 0 aliphatic heterocycles. The van der Waals surface area contributed by atoms with Gasteiger partial charge in [-0.25, -0.2) is 8.42 Å². The van der Waals surface area contributed by atoms with Crippen LogP contribution in [0.4, 0.5) is 0 Å². The topological polar surface area (TPSA) is 63.4 Å². The van der Waals surface area contributed by atoms with Crippen molar-refractivity contribution in [3.63, 3.8) is 0 Å². The molecule has 0 fully saturated rings. The highest BCUT2D eigenvalue weighted by Gasteiger charge is 2.24. The van der Waals surface area contributed by atoms with Crippen LogP contribution < -0.4 is 5.73 Å². The fourth-order valence-corrected chi connectivity index (χ4v) is 3.66. The van der Waals surface area contributed by atoms with Crippen molar-refractivity contribution in [3.8, 4) is 0 Å². The number of rotatable bonds is 6. The second-order valence-corrected chi connectivity index (χ2v) is 6.91. The summed E-state index contributed by atoms with van der Waals surface area (Å²) in [5.41, 5.74) is 7.12. The van der Waals surface area contributed by atoms with Crippen molar-refractivity contribution < 1.29 is 8.42 Å². The van der Waals surface area contributed by atoms with E-state index >= 15 is 0 Å². The highest BCUT2D eigenvalue weighted by Crippen LogP contribution is 2.21. The smallest absolute Gasteiger partial charge is 0.243 e. The van der Waals surface area contributed by atoms with Crippen LogP contribution in [0.5, 0.6) is 0 Å². The number of sulfonamides is 1. The Kier molecular flexibility index (Phi) is 5.46. The van der Waals surface area contributed by atoms with Crippen LogP contribution in [0.3, 0.4) is 0 Å². The molecule has 0 radical (unpaired) electrons. The predicted octanol–water partition coefficient (Wildman–Crippen LogP) is 1.99. The molecule has 0 saturated carbocycles. The van der Waals surface area contributed by atoms with Crippen LogP contribution >= 0.6 is 12.2 Å². The van der Waals surface area contributed by atoms with Gasteiger partial charge in [0, 0.05) is 19.5 Å². The first-order valence-electron chi connectivity index (χ1n) is 6.14. The molecule has 1 rings (SSSR count). The molecule has 0 amide bonds. The largest absolute Gasteiger partial charge is 0.393 e. The van der Waals surface area contributed by atoms with Crippen molar-refractivity contribution >= 4 is 27.2 Å². The van der Waals surface area contributed by atoms with Gasteiger partial charge in [-0.15, -0.1) is 0 Å². The number of nitrogens with zero attached hydrogens (tertiary/aromatic N) is 1. The molecule has 0 unspecified atom stereocenters. The zero-order valence-corrected chi connectivity index (χ0v) is 13.1. The fraction of sp³-hybridized carbons (Fsp3) is 0.462. The van der Waals surface area contributed by atoms with Gasteiger partial charge in [-0.05, 0) is 31.0 Å². The zero-order valence-electron chi connectivity index (χ0n) is 11.5. The Hall–Kier alpha value is -0.980. The minimum absolute atomic E-state index is 0.321. The van der Waals surface area contributed by atoms with E-state index in [1.165, 1.54) is 4.31 Å². The van der Waals surface area contributed by atoms with E-state index in [2.05, 4.69) is 0 Å². The maximum Gasteiger partial charge on any atom is 0.243 e. The quantitative estimate of drug-likeness (QED) is 0.816. The third-order valence-corrected chi connectivity index (χ3v) is 5.24. The number of thiocarbonyl (C=S) groups is 1. The third kappa shape index (κ3) is 3.99.